The molecule has 4 rings (SSSR count). The Labute approximate surface area is 162 Å². The molecule has 0 radical (unpaired) electrons. The monoisotopic (exact) mass is 373 g/mol. The molecule has 0 saturated carbocycles. The molecule has 0 unspecified atom stereocenters. The molecule has 2 aromatic heterocycles. The number of ether oxygens (including phenoxy) is 1. The van der Waals surface area contributed by atoms with Gasteiger partial charge in [0.25, 0.3) is 5.89 Å². The summed E-state index contributed by atoms with van der Waals surface area (Å²) in [5.74, 6) is 0.287. The van der Waals surface area contributed by atoms with E-state index in [2.05, 4.69) is 15.1 Å². The number of aromatic nitrogens is 3. The fraction of sp³-hybridized carbons (Fsp3) is 0.182. The molecule has 0 amide bonds. The van der Waals surface area contributed by atoms with Gasteiger partial charge in [0.2, 0.25) is 5.82 Å². The van der Waals surface area contributed by atoms with Gasteiger partial charge >= 0.3 is 5.97 Å². The molecule has 0 bridgehead atoms. The Bertz CT molecular complexity index is 1140. The van der Waals surface area contributed by atoms with E-state index >= 15 is 0 Å². The molecular weight excluding hydrogens is 354 g/mol. The van der Waals surface area contributed by atoms with Gasteiger partial charge in [-0.15, -0.1) is 0 Å². The molecule has 4 aromatic rings. The second-order valence-electron chi connectivity index (χ2n) is 6.38. The molecular formula is C22H19N3O3. The quantitative estimate of drug-likeness (QED) is 0.479. The highest BCUT2D eigenvalue weighted by Gasteiger charge is 2.19. The first-order valence-corrected chi connectivity index (χ1v) is 9.10. The van der Waals surface area contributed by atoms with Crippen LogP contribution in [0.4, 0.5) is 0 Å². The highest BCUT2D eigenvalue weighted by atomic mass is 16.6. The number of hydrogen-bond donors (Lipinski definition) is 0. The molecule has 0 aliphatic heterocycles. The smallest absolute Gasteiger partial charge is 0.339 e. The van der Waals surface area contributed by atoms with Crippen molar-refractivity contribution in [2.45, 2.75) is 26.9 Å². The fourth-order valence-corrected chi connectivity index (χ4v) is 3.18. The topological polar surface area (TPSA) is 78.1 Å². The molecule has 0 aliphatic rings. The number of benzene rings is 2. The van der Waals surface area contributed by atoms with E-state index < -0.39 is 5.97 Å². The maximum atomic E-state index is 12.9. The number of para-hydroxylation sites is 1. The van der Waals surface area contributed by atoms with Crippen molar-refractivity contribution in [3.05, 3.63) is 77.3 Å². The molecule has 6 heteroatoms. The lowest BCUT2D eigenvalue weighted by atomic mass is 10.0. The third-order valence-electron chi connectivity index (χ3n) is 4.60. The number of carbonyl (C=O) groups excluding carboxylic acids is 1. The Hall–Kier alpha value is -3.54. The molecule has 0 aliphatic carbocycles. The number of fused-ring (bicyclic) bond motifs is 1. The van der Waals surface area contributed by atoms with Crippen LogP contribution >= 0.6 is 0 Å². The molecule has 140 valence electrons. The highest BCUT2D eigenvalue weighted by Crippen LogP contribution is 2.25. The normalized spacial score (nSPS) is 10.9. The Morgan fingerprint density at radius 3 is 2.57 bits per heavy atom. The lowest BCUT2D eigenvalue weighted by Gasteiger charge is -2.12. The first kappa shape index (κ1) is 17.9. The number of rotatable bonds is 5. The first-order chi connectivity index (χ1) is 13.7. The minimum Gasteiger partial charge on any atom is -0.452 e. The second kappa shape index (κ2) is 7.60. The van der Waals surface area contributed by atoms with E-state index in [1.807, 2.05) is 68.4 Å². The molecule has 0 N–H and O–H groups in total. The van der Waals surface area contributed by atoms with Crippen LogP contribution < -0.4 is 0 Å². The molecule has 28 heavy (non-hydrogen) atoms. The summed E-state index contributed by atoms with van der Waals surface area (Å²) in [4.78, 5) is 21.8. The molecule has 0 saturated heterocycles. The molecule has 0 fully saturated rings. The van der Waals surface area contributed by atoms with Crippen LogP contribution in [0.15, 0.2) is 59.1 Å². The predicted octanol–water partition coefficient (Wildman–Crippen LogP) is 4.51. The Morgan fingerprint density at radius 2 is 1.79 bits per heavy atom. The standard InChI is InChI=1S/C22H19N3O3/c1-3-17-14(2)20(16-11-7-8-12-18(16)23-17)22(26)27-13-19-24-21(25-28-19)15-9-5-4-6-10-15/h4-12H,3,13H2,1-2H3. The van der Waals surface area contributed by atoms with Gasteiger partial charge in [-0.25, -0.2) is 4.79 Å². The van der Waals surface area contributed by atoms with E-state index in [1.54, 1.807) is 0 Å². The van der Waals surface area contributed by atoms with Gasteiger partial charge < -0.3 is 9.26 Å². The summed E-state index contributed by atoms with van der Waals surface area (Å²) in [7, 11) is 0. The van der Waals surface area contributed by atoms with Gasteiger partial charge in [-0.1, -0.05) is 60.6 Å². The van der Waals surface area contributed by atoms with Gasteiger partial charge in [-0.05, 0) is 25.0 Å². The number of esters is 1. The van der Waals surface area contributed by atoms with Crippen molar-refractivity contribution in [3.63, 3.8) is 0 Å². The van der Waals surface area contributed by atoms with Crippen LogP contribution in [-0.4, -0.2) is 21.1 Å². The molecule has 2 heterocycles. The number of pyridine rings is 1. The van der Waals surface area contributed by atoms with E-state index in [0.717, 1.165) is 34.1 Å². The zero-order chi connectivity index (χ0) is 19.5. The Balaban J connectivity index is 1.58. The Kier molecular flexibility index (Phi) is 4.85. The van der Waals surface area contributed by atoms with Crippen LogP contribution in [0.3, 0.4) is 0 Å². The fourth-order valence-electron chi connectivity index (χ4n) is 3.18. The van der Waals surface area contributed by atoms with E-state index in [1.165, 1.54) is 0 Å². The van der Waals surface area contributed by atoms with E-state index in [0.29, 0.717) is 11.4 Å². The summed E-state index contributed by atoms with van der Waals surface area (Å²) >= 11 is 0. The van der Waals surface area contributed by atoms with Crippen molar-refractivity contribution in [1.29, 1.82) is 0 Å². The van der Waals surface area contributed by atoms with Crippen molar-refractivity contribution < 1.29 is 14.1 Å². The summed E-state index contributed by atoms with van der Waals surface area (Å²) in [5, 5.41) is 4.72. The number of carbonyl (C=O) groups is 1. The van der Waals surface area contributed by atoms with Crippen LogP contribution in [0.25, 0.3) is 22.3 Å². The number of aryl methyl sites for hydroxylation is 1. The van der Waals surface area contributed by atoms with Crippen molar-refractivity contribution in [2.24, 2.45) is 0 Å². The van der Waals surface area contributed by atoms with Crippen LogP contribution in [0.1, 0.15) is 34.4 Å². The van der Waals surface area contributed by atoms with Crippen LogP contribution in [-0.2, 0) is 17.8 Å². The number of nitrogens with zero attached hydrogens (tertiary/aromatic N) is 3. The molecule has 0 atom stereocenters. The van der Waals surface area contributed by atoms with Crippen molar-refractivity contribution >= 4 is 16.9 Å². The maximum absolute atomic E-state index is 12.9. The van der Waals surface area contributed by atoms with Gasteiger partial charge in [0.1, 0.15) is 0 Å². The van der Waals surface area contributed by atoms with E-state index in [4.69, 9.17) is 9.26 Å². The highest BCUT2D eigenvalue weighted by molar-refractivity contribution is 6.04. The maximum Gasteiger partial charge on any atom is 0.339 e. The molecule has 6 nitrogen and oxygen atoms in total. The third-order valence-corrected chi connectivity index (χ3v) is 4.60. The second-order valence-corrected chi connectivity index (χ2v) is 6.38. The van der Waals surface area contributed by atoms with Crippen molar-refractivity contribution in [3.8, 4) is 11.4 Å². The van der Waals surface area contributed by atoms with Crippen LogP contribution in [0, 0.1) is 6.92 Å². The summed E-state index contributed by atoms with van der Waals surface area (Å²) in [6.45, 7) is 3.83. The summed E-state index contributed by atoms with van der Waals surface area (Å²) in [6, 6.07) is 17.1. The van der Waals surface area contributed by atoms with Crippen LogP contribution in [0.2, 0.25) is 0 Å². The average molecular weight is 373 g/mol. The first-order valence-electron chi connectivity index (χ1n) is 9.10. The van der Waals surface area contributed by atoms with Gasteiger partial charge in [-0.2, -0.15) is 4.98 Å². The SMILES string of the molecule is CCc1nc2ccccc2c(C(=O)OCc2nc(-c3ccccc3)no2)c1C. The molecule has 0 spiro atoms. The largest absolute Gasteiger partial charge is 0.452 e. The molecule has 2 aromatic carbocycles. The van der Waals surface area contributed by atoms with Gasteiger partial charge in [0.05, 0.1) is 11.1 Å². The zero-order valence-electron chi connectivity index (χ0n) is 15.7. The van der Waals surface area contributed by atoms with E-state index in [-0.39, 0.29) is 12.5 Å². The van der Waals surface area contributed by atoms with Crippen molar-refractivity contribution in [2.75, 3.05) is 0 Å². The summed E-state index contributed by atoms with van der Waals surface area (Å²) < 4.78 is 10.7. The third kappa shape index (κ3) is 3.36. The Morgan fingerprint density at radius 1 is 1.04 bits per heavy atom. The van der Waals surface area contributed by atoms with Gasteiger partial charge in [0.15, 0.2) is 6.61 Å². The van der Waals surface area contributed by atoms with Gasteiger partial charge in [0, 0.05) is 16.6 Å². The lowest BCUT2D eigenvalue weighted by molar-refractivity contribution is 0.0431. The van der Waals surface area contributed by atoms with E-state index in [9.17, 15) is 4.79 Å². The summed E-state index contributed by atoms with van der Waals surface area (Å²) in [6.07, 6.45) is 0.737. The zero-order valence-corrected chi connectivity index (χ0v) is 15.7. The number of hydrogen-bond acceptors (Lipinski definition) is 6. The lowest BCUT2D eigenvalue weighted by Crippen LogP contribution is -2.11. The minimum absolute atomic E-state index is 0.0871. The minimum atomic E-state index is -0.426. The summed E-state index contributed by atoms with van der Waals surface area (Å²) in [5.41, 5.74) is 3.87. The van der Waals surface area contributed by atoms with Gasteiger partial charge in [-0.3, -0.25) is 4.98 Å². The predicted molar refractivity (Wildman–Crippen MR) is 105 cm³/mol. The van der Waals surface area contributed by atoms with Crippen molar-refractivity contribution in [1.82, 2.24) is 15.1 Å². The average Bonchev–Trinajstić information content (AvgIpc) is 3.21. The van der Waals surface area contributed by atoms with Crippen LogP contribution in [0.5, 0.6) is 0 Å².